The number of nitrogens with zero attached hydrogens (tertiary/aromatic N) is 2. The van der Waals surface area contributed by atoms with Crippen molar-refractivity contribution in [1.82, 2.24) is 15.6 Å². The highest BCUT2D eigenvalue weighted by Gasteiger charge is 2.23. The maximum absolute atomic E-state index is 12.2. The normalized spacial score (nSPS) is 20.0. The third-order valence-electron chi connectivity index (χ3n) is 5.24. The van der Waals surface area contributed by atoms with E-state index >= 15 is 0 Å². The zero-order chi connectivity index (χ0) is 18.6. The van der Waals surface area contributed by atoms with Crippen molar-refractivity contribution in [2.45, 2.75) is 61.9 Å². The van der Waals surface area contributed by atoms with Crippen molar-refractivity contribution < 1.29 is 13.2 Å². The highest BCUT2D eigenvalue weighted by molar-refractivity contribution is 7.90. The lowest BCUT2D eigenvalue weighted by molar-refractivity contribution is 0.226. The second kappa shape index (κ2) is 8.24. The van der Waals surface area contributed by atoms with Crippen LogP contribution in [0, 0.1) is 0 Å². The smallest absolute Gasteiger partial charge is 0.315 e. The Balaban J connectivity index is 1.45. The van der Waals surface area contributed by atoms with Gasteiger partial charge in [-0.25, -0.2) is 18.2 Å². The molecule has 1 saturated heterocycles. The average molecular weight is 381 g/mol. The number of aromatic nitrogens is 1. The Morgan fingerprint density at radius 3 is 2.19 bits per heavy atom. The van der Waals surface area contributed by atoms with Gasteiger partial charge in [-0.2, -0.15) is 0 Å². The van der Waals surface area contributed by atoms with Crippen molar-refractivity contribution >= 4 is 21.7 Å². The van der Waals surface area contributed by atoms with Crippen LogP contribution in [0.25, 0.3) is 0 Å². The topological polar surface area (TPSA) is 91.4 Å². The molecule has 8 heteroatoms. The number of sulfone groups is 1. The minimum Gasteiger partial charge on any atom is -0.356 e. The van der Waals surface area contributed by atoms with E-state index in [4.69, 9.17) is 0 Å². The molecule has 26 heavy (non-hydrogen) atoms. The largest absolute Gasteiger partial charge is 0.356 e. The first-order valence-corrected chi connectivity index (χ1v) is 11.3. The molecule has 0 bridgehead atoms. The van der Waals surface area contributed by atoms with E-state index in [-0.39, 0.29) is 17.0 Å². The summed E-state index contributed by atoms with van der Waals surface area (Å²) in [6.07, 6.45) is 10.1. The number of piperidine rings is 1. The van der Waals surface area contributed by atoms with Crippen LogP contribution >= 0.6 is 0 Å². The van der Waals surface area contributed by atoms with Gasteiger partial charge in [-0.15, -0.1) is 0 Å². The van der Waals surface area contributed by atoms with Gasteiger partial charge in [-0.3, -0.25) is 0 Å². The number of hydrogen-bond donors (Lipinski definition) is 2. The molecule has 0 unspecified atom stereocenters. The number of pyridine rings is 1. The monoisotopic (exact) mass is 380 g/mol. The molecule has 0 atom stereocenters. The second-order valence-corrected chi connectivity index (χ2v) is 9.35. The van der Waals surface area contributed by atoms with Gasteiger partial charge >= 0.3 is 6.03 Å². The predicted octanol–water partition coefficient (Wildman–Crippen LogP) is 2.09. The SMILES string of the molecule is CS(=O)(=O)c1ccc(N2CCC(NC(=O)NC3CCCCC3)CC2)nc1. The van der Waals surface area contributed by atoms with Crippen molar-refractivity contribution in [2.24, 2.45) is 0 Å². The minimum atomic E-state index is -3.22. The van der Waals surface area contributed by atoms with Gasteiger partial charge in [0, 0.05) is 37.6 Å². The van der Waals surface area contributed by atoms with Crippen LogP contribution in [0.4, 0.5) is 10.6 Å². The summed E-state index contributed by atoms with van der Waals surface area (Å²) in [6.45, 7) is 1.58. The second-order valence-electron chi connectivity index (χ2n) is 7.34. The van der Waals surface area contributed by atoms with Crippen LogP contribution in [0.1, 0.15) is 44.9 Å². The molecule has 7 nitrogen and oxygen atoms in total. The Kier molecular flexibility index (Phi) is 6.01. The Hall–Kier alpha value is -1.83. The lowest BCUT2D eigenvalue weighted by Crippen LogP contribution is -2.50. The van der Waals surface area contributed by atoms with E-state index in [1.807, 2.05) is 0 Å². The van der Waals surface area contributed by atoms with E-state index < -0.39 is 9.84 Å². The molecule has 3 rings (SSSR count). The quantitative estimate of drug-likeness (QED) is 0.834. The first-order valence-electron chi connectivity index (χ1n) is 9.40. The zero-order valence-corrected chi connectivity index (χ0v) is 16.1. The summed E-state index contributed by atoms with van der Waals surface area (Å²) in [7, 11) is -3.22. The number of hydrogen-bond acceptors (Lipinski definition) is 5. The number of nitrogens with one attached hydrogen (secondary N) is 2. The Labute approximate surface area is 155 Å². The van der Waals surface area contributed by atoms with E-state index in [1.54, 1.807) is 12.1 Å². The van der Waals surface area contributed by atoms with E-state index in [9.17, 15) is 13.2 Å². The van der Waals surface area contributed by atoms with Crippen molar-refractivity contribution in [1.29, 1.82) is 0 Å². The lowest BCUT2D eigenvalue weighted by Gasteiger charge is -2.33. The van der Waals surface area contributed by atoms with Gasteiger partial charge in [0.05, 0.1) is 4.90 Å². The van der Waals surface area contributed by atoms with Crippen molar-refractivity contribution in [3.63, 3.8) is 0 Å². The highest BCUT2D eigenvalue weighted by Crippen LogP contribution is 2.20. The number of carbonyl (C=O) groups excluding carboxylic acids is 1. The van der Waals surface area contributed by atoms with Gasteiger partial charge in [0.2, 0.25) is 0 Å². The molecule has 1 saturated carbocycles. The van der Waals surface area contributed by atoms with Crippen LogP contribution in [-0.2, 0) is 9.84 Å². The first-order chi connectivity index (χ1) is 12.4. The summed E-state index contributed by atoms with van der Waals surface area (Å²) in [5.41, 5.74) is 0. The number of anilines is 1. The zero-order valence-electron chi connectivity index (χ0n) is 15.3. The number of carbonyl (C=O) groups is 1. The van der Waals surface area contributed by atoms with Crippen LogP contribution in [0.2, 0.25) is 0 Å². The molecule has 2 heterocycles. The fourth-order valence-corrected chi connectivity index (χ4v) is 4.25. The molecule has 2 aliphatic rings. The summed E-state index contributed by atoms with van der Waals surface area (Å²) >= 11 is 0. The molecule has 1 aliphatic heterocycles. The summed E-state index contributed by atoms with van der Waals surface area (Å²) in [4.78, 5) is 18.8. The van der Waals surface area contributed by atoms with Crippen molar-refractivity contribution in [3.8, 4) is 0 Å². The Morgan fingerprint density at radius 2 is 1.65 bits per heavy atom. The van der Waals surface area contributed by atoms with E-state index in [2.05, 4.69) is 20.5 Å². The molecular formula is C18H28N4O3S. The summed E-state index contributed by atoms with van der Waals surface area (Å²) in [5.74, 6) is 0.780. The molecule has 1 aliphatic carbocycles. The molecule has 1 aromatic heterocycles. The molecular weight excluding hydrogens is 352 g/mol. The minimum absolute atomic E-state index is 0.0500. The van der Waals surface area contributed by atoms with Crippen LogP contribution in [0.15, 0.2) is 23.2 Å². The molecule has 2 amide bonds. The Bertz CT molecular complexity index is 706. The summed E-state index contributed by atoms with van der Waals surface area (Å²) < 4.78 is 23.0. The molecule has 2 fully saturated rings. The Morgan fingerprint density at radius 1 is 1.04 bits per heavy atom. The first kappa shape index (κ1) is 18.9. The molecule has 0 radical (unpaired) electrons. The highest BCUT2D eigenvalue weighted by atomic mass is 32.2. The lowest BCUT2D eigenvalue weighted by atomic mass is 9.96. The summed E-state index contributed by atoms with van der Waals surface area (Å²) in [6, 6.07) is 3.79. The number of rotatable bonds is 4. The van der Waals surface area contributed by atoms with E-state index in [0.29, 0.717) is 6.04 Å². The third-order valence-corrected chi connectivity index (χ3v) is 6.34. The fraction of sp³-hybridized carbons (Fsp3) is 0.667. The van der Waals surface area contributed by atoms with E-state index in [0.717, 1.165) is 44.6 Å². The molecule has 0 aromatic carbocycles. The van der Waals surface area contributed by atoms with Crippen LogP contribution < -0.4 is 15.5 Å². The number of amides is 2. The average Bonchev–Trinajstić information content (AvgIpc) is 2.62. The van der Waals surface area contributed by atoms with Crippen molar-refractivity contribution in [2.75, 3.05) is 24.2 Å². The van der Waals surface area contributed by atoms with E-state index in [1.165, 1.54) is 31.7 Å². The van der Waals surface area contributed by atoms with Gasteiger partial charge in [0.25, 0.3) is 0 Å². The molecule has 2 N–H and O–H groups in total. The maximum Gasteiger partial charge on any atom is 0.315 e. The van der Waals surface area contributed by atoms with Gasteiger partial charge in [-0.05, 0) is 37.8 Å². The van der Waals surface area contributed by atoms with Crippen LogP contribution in [0.3, 0.4) is 0 Å². The fourth-order valence-electron chi connectivity index (χ4n) is 3.69. The van der Waals surface area contributed by atoms with Crippen molar-refractivity contribution in [3.05, 3.63) is 18.3 Å². The van der Waals surface area contributed by atoms with Gasteiger partial charge in [0.1, 0.15) is 5.82 Å². The van der Waals surface area contributed by atoms with Gasteiger partial charge < -0.3 is 15.5 Å². The standard InChI is InChI=1S/C18H28N4O3S/c1-26(24,25)16-7-8-17(19-13-16)22-11-9-15(10-12-22)21-18(23)20-14-5-3-2-4-6-14/h7-8,13-15H,2-6,9-12H2,1H3,(H2,20,21,23). The van der Waals surface area contributed by atoms with Crippen LogP contribution in [-0.4, -0.2) is 50.9 Å². The van der Waals surface area contributed by atoms with Gasteiger partial charge in [0.15, 0.2) is 9.84 Å². The predicted molar refractivity (Wildman–Crippen MR) is 101 cm³/mol. The van der Waals surface area contributed by atoms with Crippen LogP contribution in [0.5, 0.6) is 0 Å². The number of urea groups is 1. The maximum atomic E-state index is 12.2. The molecule has 0 spiro atoms. The molecule has 1 aromatic rings. The molecule has 144 valence electrons. The van der Waals surface area contributed by atoms with Gasteiger partial charge in [-0.1, -0.05) is 19.3 Å². The summed E-state index contributed by atoms with van der Waals surface area (Å²) in [5, 5.41) is 6.19. The third kappa shape index (κ3) is 5.09.